The van der Waals surface area contributed by atoms with Gasteiger partial charge in [-0.3, -0.25) is 9.69 Å². The highest BCUT2D eigenvalue weighted by Crippen LogP contribution is 2.32. The fraction of sp³-hybridized carbons (Fsp3) is 0.364. The largest absolute Gasteiger partial charge is 0.376 e. The zero-order chi connectivity index (χ0) is 20.2. The van der Waals surface area contributed by atoms with Crippen LogP contribution in [-0.2, 0) is 16.0 Å². The number of benzene rings is 2. The lowest BCUT2D eigenvalue weighted by molar-refractivity contribution is -0.116. The number of rotatable bonds is 7. The van der Waals surface area contributed by atoms with Crippen molar-refractivity contribution in [3.05, 3.63) is 53.1 Å². The molecule has 1 unspecified atom stereocenters. The number of thioether (sulfide) groups is 1. The third-order valence-corrected chi connectivity index (χ3v) is 7.28. The number of hydrogen-bond donors (Lipinski definition) is 0. The average molecular weight is 447 g/mol. The highest BCUT2D eigenvalue weighted by Gasteiger charge is 2.26. The van der Waals surface area contributed by atoms with Gasteiger partial charge in [-0.15, -0.1) is 11.8 Å². The number of ether oxygens (including phenoxy) is 1. The monoisotopic (exact) mass is 446 g/mol. The summed E-state index contributed by atoms with van der Waals surface area (Å²) >= 11 is 9.06. The standard InChI is InChI=1S/C22H23ClN2O2S2/c1-2-15-5-3-7-19-21(15)24-22(29-19)25(13-17-6-4-12-27-17)20(26)14-28-18-10-8-16(23)9-11-18/h3,5,7-11,17H,2,4,6,12-14H2,1H3. The molecule has 2 aromatic carbocycles. The summed E-state index contributed by atoms with van der Waals surface area (Å²) in [5, 5.41) is 1.46. The fourth-order valence-corrected chi connectivity index (χ4v) is 5.37. The molecule has 0 radical (unpaired) electrons. The number of para-hydroxylation sites is 1. The topological polar surface area (TPSA) is 42.4 Å². The molecule has 1 aliphatic heterocycles. The van der Waals surface area contributed by atoms with Gasteiger partial charge in [-0.25, -0.2) is 4.98 Å². The van der Waals surface area contributed by atoms with Crippen molar-refractivity contribution in [3.63, 3.8) is 0 Å². The van der Waals surface area contributed by atoms with Crippen molar-refractivity contribution in [1.82, 2.24) is 4.98 Å². The smallest absolute Gasteiger partial charge is 0.239 e. The van der Waals surface area contributed by atoms with E-state index in [4.69, 9.17) is 21.3 Å². The predicted octanol–water partition coefficient (Wildman–Crippen LogP) is 5.82. The number of aryl methyl sites for hydroxylation is 1. The predicted molar refractivity (Wildman–Crippen MR) is 123 cm³/mol. The van der Waals surface area contributed by atoms with Crippen molar-refractivity contribution in [1.29, 1.82) is 0 Å². The van der Waals surface area contributed by atoms with E-state index < -0.39 is 0 Å². The molecule has 4 rings (SSSR count). The number of anilines is 1. The van der Waals surface area contributed by atoms with E-state index in [0.29, 0.717) is 17.3 Å². The highest BCUT2D eigenvalue weighted by atomic mass is 35.5. The minimum atomic E-state index is 0.0533. The van der Waals surface area contributed by atoms with Crippen LogP contribution in [-0.4, -0.2) is 35.9 Å². The third-order valence-electron chi connectivity index (χ3n) is 4.99. The average Bonchev–Trinajstić information content (AvgIpc) is 3.40. The van der Waals surface area contributed by atoms with E-state index in [1.807, 2.05) is 29.2 Å². The Bertz CT molecular complexity index is 984. The Balaban J connectivity index is 1.57. The molecule has 0 aliphatic carbocycles. The lowest BCUT2D eigenvalue weighted by Crippen LogP contribution is -2.38. The van der Waals surface area contributed by atoms with E-state index in [1.165, 1.54) is 17.3 Å². The molecule has 0 bridgehead atoms. The molecule has 1 aromatic heterocycles. The maximum atomic E-state index is 13.2. The quantitative estimate of drug-likeness (QED) is 0.429. The zero-order valence-electron chi connectivity index (χ0n) is 16.3. The van der Waals surface area contributed by atoms with Crippen molar-refractivity contribution in [2.24, 2.45) is 0 Å². The van der Waals surface area contributed by atoms with Crippen LogP contribution in [0.5, 0.6) is 0 Å². The number of carbonyl (C=O) groups excluding carboxylic acids is 1. The highest BCUT2D eigenvalue weighted by molar-refractivity contribution is 8.00. The summed E-state index contributed by atoms with van der Waals surface area (Å²) in [4.78, 5) is 20.9. The van der Waals surface area contributed by atoms with E-state index >= 15 is 0 Å². The molecule has 2 heterocycles. The molecule has 4 nitrogen and oxygen atoms in total. The number of thiazole rings is 1. The van der Waals surface area contributed by atoms with Crippen LogP contribution >= 0.6 is 34.7 Å². The number of nitrogens with zero attached hydrogens (tertiary/aromatic N) is 2. The van der Waals surface area contributed by atoms with Gasteiger partial charge < -0.3 is 4.74 Å². The summed E-state index contributed by atoms with van der Waals surface area (Å²) in [5.74, 6) is 0.405. The molecular weight excluding hydrogens is 424 g/mol. The molecule has 0 spiro atoms. The summed E-state index contributed by atoms with van der Waals surface area (Å²) in [6.45, 7) is 3.46. The van der Waals surface area contributed by atoms with Gasteiger partial charge in [-0.2, -0.15) is 0 Å². The SMILES string of the molecule is CCc1cccc2sc(N(CC3CCCO3)C(=O)CSc3ccc(Cl)cc3)nc12. The van der Waals surface area contributed by atoms with E-state index in [-0.39, 0.29) is 12.0 Å². The van der Waals surface area contributed by atoms with Gasteiger partial charge in [0.2, 0.25) is 5.91 Å². The van der Waals surface area contributed by atoms with Gasteiger partial charge in [-0.1, -0.05) is 42.0 Å². The first-order valence-corrected chi connectivity index (χ1v) is 12.0. The lowest BCUT2D eigenvalue weighted by Gasteiger charge is -2.23. The minimum Gasteiger partial charge on any atom is -0.376 e. The van der Waals surface area contributed by atoms with Crippen LogP contribution in [0.1, 0.15) is 25.3 Å². The zero-order valence-corrected chi connectivity index (χ0v) is 18.7. The number of amides is 1. The Morgan fingerprint density at radius 3 is 2.86 bits per heavy atom. The summed E-state index contributed by atoms with van der Waals surface area (Å²) in [7, 11) is 0. The summed E-state index contributed by atoms with van der Waals surface area (Å²) in [5.41, 5.74) is 2.22. The Morgan fingerprint density at radius 1 is 1.31 bits per heavy atom. The minimum absolute atomic E-state index is 0.0533. The van der Waals surface area contributed by atoms with Crippen molar-refractivity contribution >= 4 is 56.0 Å². The molecule has 1 saturated heterocycles. The van der Waals surface area contributed by atoms with Gasteiger partial charge in [0.1, 0.15) is 0 Å². The van der Waals surface area contributed by atoms with Crippen molar-refractivity contribution in [3.8, 4) is 0 Å². The van der Waals surface area contributed by atoms with Gasteiger partial charge in [-0.05, 0) is 55.2 Å². The maximum absolute atomic E-state index is 13.2. The van der Waals surface area contributed by atoms with Gasteiger partial charge in [0.05, 0.1) is 28.6 Å². The third kappa shape index (κ3) is 4.94. The van der Waals surface area contributed by atoms with Crippen molar-refractivity contribution < 1.29 is 9.53 Å². The van der Waals surface area contributed by atoms with E-state index in [9.17, 15) is 4.79 Å². The second kappa shape index (κ2) is 9.47. The Kier molecular flexibility index (Phi) is 6.75. The summed E-state index contributed by atoms with van der Waals surface area (Å²) in [6, 6.07) is 13.8. The van der Waals surface area contributed by atoms with E-state index in [1.54, 1.807) is 11.3 Å². The molecule has 152 valence electrons. The van der Waals surface area contributed by atoms with Crippen LogP contribution in [0.3, 0.4) is 0 Å². The van der Waals surface area contributed by atoms with Crippen molar-refractivity contribution in [2.45, 2.75) is 37.2 Å². The molecular formula is C22H23ClN2O2S2. The van der Waals surface area contributed by atoms with Crippen molar-refractivity contribution in [2.75, 3.05) is 23.8 Å². The molecule has 3 aromatic rings. The van der Waals surface area contributed by atoms with Crippen LogP contribution in [0.25, 0.3) is 10.2 Å². The Morgan fingerprint density at radius 2 is 2.14 bits per heavy atom. The van der Waals surface area contributed by atoms with Crippen LogP contribution in [0.4, 0.5) is 5.13 Å². The number of fused-ring (bicyclic) bond motifs is 1. The fourth-order valence-electron chi connectivity index (χ4n) is 3.43. The maximum Gasteiger partial charge on any atom is 0.239 e. The first kappa shape index (κ1) is 20.7. The molecule has 0 saturated carbocycles. The first-order valence-electron chi connectivity index (χ1n) is 9.83. The van der Waals surface area contributed by atoms with Crippen LogP contribution in [0.15, 0.2) is 47.4 Å². The molecule has 1 atom stereocenters. The molecule has 1 amide bonds. The number of aromatic nitrogens is 1. The molecule has 29 heavy (non-hydrogen) atoms. The molecule has 0 N–H and O–H groups in total. The Labute approximate surface area is 184 Å². The van der Waals surface area contributed by atoms with E-state index in [0.717, 1.165) is 46.1 Å². The summed E-state index contributed by atoms with van der Waals surface area (Å²) < 4.78 is 6.93. The second-order valence-corrected chi connectivity index (χ2v) is 9.49. The summed E-state index contributed by atoms with van der Waals surface area (Å²) in [6.07, 6.45) is 3.04. The van der Waals surface area contributed by atoms with Crippen LogP contribution in [0, 0.1) is 0 Å². The first-order chi connectivity index (χ1) is 14.1. The second-order valence-electron chi connectivity index (χ2n) is 7.00. The van der Waals surface area contributed by atoms with Gasteiger partial charge in [0.25, 0.3) is 0 Å². The van der Waals surface area contributed by atoms with Crippen LogP contribution < -0.4 is 4.90 Å². The molecule has 1 aliphatic rings. The number of halogens is 1. The Hall–Kier alpha value is -1.60. The van der Waals surface area contributed by atoms with Gasteiger partial charge in [0.15, 0.2) is 5.13 Å². The molecule has 1 fully saturated rings. The van der Waals surface area contributed by atoms with Gasteiger partial charge in [0, 0.05) is 16.5 Å². The van der Waals surface area contributed by atoms with Gasteiger partial charge >= 0.3 is 0 Å². The number of hydrogen-bond acceptors (Lipinski definition) is 5. The van der Waals surface area contributed by atoms with Crippen LogP contribution in [0.2, 0.25) is 5.02 Å². The normalized spacial score (nSPS) is 16.4. The van der Waals surface area contributed by atoms with E-state index in [2.05, 4.69) is 25.1 Å². The molecule has 7 heteroatoms. The lowest BCUT2D eigenvalue weighted by atomic mass is 10.1. The number of carbonyl (C=O) groups is 1.